The molecule has 5 heteroatoms. The fraction of sp³-hybridized carbons (Fsp3) is 0.286. The van der Waals surface area contributed by atoms with Gasteiger partial charge in [-0.15, -0.1) is 0 Å². The minimum Gasteiger partial charge on any atom is -0.481 e. The van der Waals surface area contributed by atoms with E-state index in [0.29, 0.717) is 0 Å². The maximum absolute atomic E-state index is 10.7. The lowest BCUT2D eigenvalue weighted by atomic mass is 10.2. The first-order valence-electron chi connectivity index (χ1n) is 6.18. The van der Waals surface area contributed by atoms with Gasteiger partial charge in [-0.05, 0) is 12.0 Å². The standard InChI is InChI=1S/C14H16N2O2S/c1-2-8-16-12(11-6-4-3-5-7-11)9-15-14(16)19-10-13(17)18/h3-7,9H,2,8,10H2,1H3,(H,17,18). The summed E-state index contributed by atoms with van der Waals surface area (Å²) in [5.41, 5.74) is 2.14. The number of hydrogen-bond donors (Lipinski definition) is 1. The Morgan fingerprint density at radius 3 is 2.74 bits per heavy atom. The Bertz CT molecular complexity index is 552. The molecule has 0 atom stereocenters. The zero-order valence-electron chi connectivity index (χ0n) is 10.7. The topological polar surface area (TPSA) is 55.1 Å². The second-order valence-corrected chi connectivity index (χ2v) is 5.07. The predicted molar refractivity (Wildman–Crippen MR) is 76.3 cm³/mol. The van der Waals surface area contributed by atoms with Crippen molar-refractivity contribution >= 4 is 17.7 Å². The Morgan fingerprint density at radius 1 is 1.37 bits per heavy atom. The SMILES string of the molecule is CCCn1c(-c2ccccc2)cnc1SCC(=O)O. The molecule has 0 bridgehead atoms. The van der Waals surface area contributed by atoms with Crippen LogP contribution in [0.25, 0.3) is 11.3 Å². The van der Waals surface area contributed by atoms with E-state index in [2.05, 4.69) is 16.5 Å². The van der Waals surface area contributed by atoms with Crippen molar-refractivity contribution in [2.75, 3.05) is 5.75 Å². The molecular formula is C14H16N2O2S. The molecule has 0 aliphatic rings. The fourth-order valence-electron chi connectivity index (χ4n) is 1.88. The molecule has 1 aromatic heterocycles. The van der Waals surface area contributed by atoms with E-state index in [1.54, 1.807) is 0 Å². The molecule has 2 rings (SSSR count). The van der Waals surface area contributed by atoms with E-state index in [0.717, 1.165) is 29.4 Å². The van der Waals surface area contributed by atoms with Crippen molar-refractivity contribution in [3.8, 4) is 11.3 Å². The third-order valence-corrected chi connectivity index (χ3v) is 3.64. The van der Waals surface area contributed by atoms with Gasteiger partial charge in [0.25, 0.3) is 0 Å². The van der Waals surface area contributed by atoms with Gasteiger partial charge >= 0.3 is 5.97 Å². The van der Waals surface area contributed by atoms with Crippen molar-refractivity contribution in [3.05, 3.63) is 36.5 Å². The minimum atomic E-state index is -0.822. The molecule has 19 heavy (non-hydrogen) atoms. The van der Waals surface area contributed by atoms with Crippen LogP contribution in [0.4, 0.5) is 0 Å². The van der Waals surface area contributed by atoms with Crippen molar-refractivity contribution in [2.24, 2.45) is 0 Å². The highest BCUT2D eigenvalue weighted by molar-refractivity contribution is 7.99. The van der Waals surface area contributed by atoms with Gasteiger partial charge in [-0.25, -0.2) is 4.98 Å². The Morgan fingerprint density at radius 2 is 2.11 bits per heavy atom. The average molecular weight is 276 g/mol. The Hall–Kier alpha value is -1.75. The van der Waals surface area contributed by atoms with Gasteiger partial charge < -0.3 is 9.67 Å². The second-order valence-electron chi connectivity index (χ2n) is 4.13. The first-order chi connectivity index (χ1) is 9.22. The maximum atomic E-state index is 10.7. The number of aromatic nitrogens is 2. The number of benzene rings is 1. The van der Waals surface area contributed by atoms with Gasteiger partial charge in [-0.2, -0.15) is 0 Å². The van der Waals surface area contributed by atoms with Crippen LogP contribution in [0, 0.1) is 0 Å². The summed E-state index contributed by atoms with van der Waals surface area (Å²) in [7, 11) is 0. The molecular weight excluding hydrogens is 260 g/mol. The third-order valence-electron chi connectivity index (χ3n) is 2.66. The molecule has 0 unspecified atom stereocenters. The minimum absolute atomic E-state index is 0.0367. The van der Waals surface area contributed by atoms with E-state index in [1.165, 1.54) is 11.8 Å². The highest BCUT2D eigenvalue weighted by atomic mass is 32.2. The van der Waals surface area contributed by atoms with Crippen LogP contribution in [-0.4, -0.2) is 26.4 Å². The fourth-order valence-corrected chi connectivity index (χ4v) is 2.60. The van der Waals surface area contributed by atoms with E-state index in [4.69, 9.17) is 5.11 Å². The van der Waals surface area contributed by atoms with Gasteiger partial charge in [0.1, 0.15) is 0 Å². The summed E-state index contributed by atoms with van der Waals surface area (Å²) in [5.74, 6) is -0.785. The molecule has 0 radical (unpaired) electrons. The van der Waals surface area contributed by atoms with Gasteiger partial charge in [-0.3, -0.25) is 4.79 Å². The second kappa shape index (κ2) is 6.43. The molecule has 0 aliphatic carbocycles. The van der Waals surface area contributed by atoms with Crippen LogP contribution in [0.15, 0.2) is 41.7 Å². The molecule has 0 spiro atoms. The summed E-state index contributed by atoms with van der Waals surface area (Å²) < 4.78 is 2.09. The van der Waals surface area contributed by atoms with Gasteiger partial charge in [-0.1, -0.05) is 49.0 Å². The quantitative estimate of drug-likeness (QED) is 0.824. The van der Waals surface area contributed by atoms with Gasteiger partial charge in [0.05, 0.1) is 17.6 Å². The van der Waals surface area contributed by atoms with E-state index < -0.39 is 5.97 Å². The number of rotatable bonds is 6. The average Bonchev–Trinajstić information content (AvgIpc) is 2.81. The molecule has 0 aliphatic heterocycles. The van der Waals surface area contributed by atoms with E-state index in [1.807, 2.05) is 36.5 Å². The van der Waals surface area contributed by atoms with Crippen molar-refractivity contribution in [1.82, 2.24) is 9.55 Å². The molecule has 0 fully saturated rings. The lowest BCUT2D eigenvalue weighted by Crippen LogP contribution is -2.04. The van der Waals surface area contributed by atoms with Crippen LogP contribution >= 0.6 is 11.8 Å². The highest BCUT2D eigenvalue weighted by Gasteiger charge is 2.12. The predicted octanol–water partition coefficient (Wildman–Crippen LogP) is 3.14. The van der Waals surface area contributed by atoms with Gasteiger partial charge in [0.15, 0.2) is 5.16 Å². The van der Waals surface area contributed by atoms with Crippen LogP contribution < -0.4 is 0 Å². The molecule has 1 heterocycles. The highest BCUT2D eigenvalue weighted by Crippen LogP contribution is 2.26. The third kappa shape index (κ3) is 3.38. The molecule has 0 amide bonds. The van der Waals surface area contributed by atoms with Crippen molar-refractivity contribution < 1.29 is 9.90 Å². The summed E-state index contributed by atoms with van der Waals surface area (Å²) in [5, 5.41) is 9.53. The molecule has 100 valence electrons. The Kier molecular flexibility index (Phi) is 4.63. The summed E-state index contributed by atoms with van der Waals surface area (Å²) in [4.78, 5) is 15.0. The summed E-state index contributed by atoms with van der Waals surface area (Å²) >= 11 is 1.26. The maximum Gasteiger partial charge on any atom is 0.313 e. The summed E-state index contributed by atoms with van der Waals surface area (Å²) in [6.07, 6.45) is 2.80. The smallest absolute Gasteiger partial charge is 0.313 e. The molecule has 2 aromatic rings. The van der Waals surface area contributed by atoms with Crippen molar-refractivity contribution in [3.63, 3.8) is 0 Å². The lowest BCUT2D eigenvalue weighted by Gasteiger charge is -2.10. The normalized spacial score (nSPS) is 10.6. The van der Waals surface area contributed by atoms with Gasteiger partial charge in [0.2, 0.25) is 0 Å². The first kappa shape index (κ1) is 13.7. The summed E-state index contributed by atoms with van der Waals surface area (Å²) in [6.45, 7) is 2.94. The van der Waals surface area contributed by atoms with E-state index in [9.17, 15) is 4.79 Å². The number of carboxylic acid groups (broad SMARTS) is 1. The van der Waals surface area contributed by atoms with Crippen molar-refractivity contribution in [2.45, 2.75) is 25.0 Å². The van der Waals surface area contributed by atoms with E-state index in [-0.39, 0.29) is 5.75 Å². The van der Waals surface area contributed by atoms with Crippen molar-refractivity contribution in [1.29, 1.82) is 0 Å². The lowest BCUT2D eigenvalue weighted by molar-refractivity contribution is -0.133. The van der Waals surface area contributed by atoms with Crippen LogP contribution in [0.3, 0.4) is 0 Å². The number of aliphatic carboxylic acids is 1. The zero-order valence-corrected chi connectivity index (χ0v) is 11.6. The Balaban J connectivity index is 2.31. The van der Waals surface area contributed by atoms with E-state index >= 15 is 0 Å². The summed E-state index contributed by atoms with van der Waals surface area (Å²) in [6, 6.07) is 10.0. The number of thioether (sulfide) groups is 1. The number of hydrogen-bond acceptors (Lipinski definition) is 3. The number of carboxylic acids is 1. The van der Waals surface area contributed by atoms with Crippen LogP contribution in [0.1, 0.15) is 13.3 Å². The number of carbonyl (C=O) groups is 1. The largest absolute Gasteiger partial charge is 0.481 e. The first-order valence-corrected chi connectivity index (χ1v) is 7.16. The molecule has 4 nitrogen and oxygen atoms in total. The van der Waals surface area contributed by atoms with Crippen LogP contribution in [-0.2, 0) is 11.3 Å². The molecule has 0 saturated carbocycles. The molecule has 0 saturated heterocycles. The van der Waals surface area contributed by atoms with Crippen LogP contribution in [0.2, 0.25) is 0 Å². The number of imidazole rings is 1. The van der Waals surface area contributed by atoms with Crippen LogP contribution in [0.5, 0.6) is 0 Å². The number of nitrogens with zero attached hydrogens (tertiary/aromatic N) is 2. The molecule has 1 N–H and O–H groups in total. The Labute approximate surface area is 116 Å². The zero-order chi connectivity index (χ0) is 13.7. The molecule has 1 aromatic carbocycles. The van der Waals surface area contributed by atoms with Gasteiger partial charge in [0, 0.05) is 6.54 Å². The monoisotopic (exact) mass is 276 g/mol.